The summed E-state index contributed by atoms with van der Waals surface area (Å²) in [6.45, 7) is 1.94. The fourth-order valence-corrected chi connectivity index (χ4v) is 3.01. The molecule has 0 radical (unpaired) electrons. The lowest BCUT2D eigenvalue weighted by molar-refractivity contribution is 0.461. The van der Waals surface area contributed by atoms with Gasteiger partial charge in [0, 0.05) is 11.6 Å². The molecule has 2 aromatic heterocycles. The topological polar surface area (TPSA) is 71.0 Å². The number of ether oxygens (including phenoxy) is 1. The molecule has 19 heavy (non-hydrogen) atoms. The Labute approximate surface area is 112 Å². The van der Waals surface area contributed by atoms with Crippen molar-refractivity contribution in [1.82, 2.24) is 15.2 Å². The van der Waals surface area contributed by atoms with Crippen LogP contribution in [0.4, 0.5) is 0 Å². The Kier molecular flexibility index (Phi) is 1.99. The van der Waals surface area contributed by atoms with Gasteiger partial charge in [-0.15, -0.1) is 0 Å². The number of thiazole rings is 1. The number of nitrogens with zero attached hydrogens (tertiary/aromatic N) is 2. The number of nitrogens with one attached hydrogen (secondary N) is 1. The Balaban J connectivity index is 2.08. The number of aromatic hydroxyl groups is 1. The van der Waals surface area contributed by atoms with Crippen molar-refractivity contribution in [2.45, 2.75) is 6.92 Å². The molecule has 2 N–H and O–H groups in total. The first kappa shape index (κ1) is 10.6. The highest BCUT2D eigenvalue weighted by Crippen LogP contribution is 2.48. The van der Waals surface area contributed by atoms with Crippen molar-refractivity contribution in [3.63, 3.8) is 0 Å². The number of hydrogen-bond donors (Lipinski definition) is 2. The van der Waals surface area contributed by atoms with Gasteiger partial charge in [-0.3, -0.25) is 5.10 Å². The van der Waals surface area contributed by atoms with Crippen LogP contribution in [0.3, 0.4) is 0 Å². The van der Waals surface area contributed by atoms with Crippen LogP contribution in [0.2, 0.25) is 0 Å². The first-order valence-corrected chi connectivity index (χ1v) is 6.56. The smallest absolute Gasteiger partial charge is 0.209 e. The van der Waals surface area contributed by atoms with Gasteiger partial charge in [-0.05, 0) is 19.1 Å². The van der Waals surface area contributed by atoms with Gasteiger partial charge in [-0.25, -0.2) is 4.98 Å². The summed E-state index contributed by atoms with van der Waals surface area (Å²) in [4.78, 5) is 4.50. The molecule has 0 bridgehead atoms. The second-order valence-electron chi connectivity index (χ2n) is 4.31. The van der Waals surface area contributed by atoms with E-state index in [9.17, 15) is 5.11 Å². The number of benzene rings is 1. The Morgan fingerprint density at radius 2 is 2.21 bits per heavy atom. The van der Waals surface area contributed by atoms with Gasteiger partial charge in [0.25, 0.3) is 0 Å². The third kappa shape index (κ3) is 1.47. The summed E-state index contributed by atoms with van der Waals surface area (Å²) in [6, 6.07) is 5.04. The van der Waals surface area contributed by atoms with E-state index < -0.39 is 0 Å². The Morgan fingerprint density at radius 3 is 3.11 bits per heavy atom. The van der Waals surface area contributed by atoms with Gasteiger partial charge in [0.1, 0.15) is 17.2 Å². The van der Waals surface area contributed by atoms with Crippen LogP contribution in [-0.2, 0) is 0 Å². The monoisotopic (exact) mass is 271 g/mol. The molecule has 0 saturated carbocycles. The standard InChI is InChI=1S/C13H9N3O2S/c1-6-15-12-9-5-14-16-11(9)8-3-2-7(17)4-10(8)18-13(12)19-6/h2-5,17H,1H3,(H,14,16). The zero-order chi connectivity index (χ0) is 13.0. The van der Waals surface area contributed by atoms with Crippen molar-refractivity contribution < 1.29 is 9.84 Å². The zero-order valence-electron chi connectivity index (χ0n) is 9.97. The molecule has 0 amide bonds. The number of rotatable bonds is 0. The van der Waals surface area contributed by atoms with E-state index in [2.05, 4.69) is 15.2 Å². The molecule has 3 aromatic rings. The number of aromatic amines is 1. The first-order valence-electron chi connectivity index (χ1n) is 5.75. The fourth-order valence-electron chi connectivity index (χ4n) is 2.22. The van der Waals surface area contributed by atoms with Gasteiger partial charge in [0.2, 0.25) is 5.06 Å². The van der Waals surface area contributed by atoms with Crippen molar-refractivity contribution in [1.29, 1.82) is 0 Å². The van der Waals surface area contributed by atoms with Crippen LogP contribution in [-0.4, -0.2) is 20.3 Å². The normalized spacial score (nSPS) is 12.1. The van der Waals surface area contributed by atoms with E-state index in [1.165, 1.54) is 11.3 Å². The van der Waals surface area contributed by atoms with Crippen LogP contribution in [0.15, 0.2) is 24.4 Å². The Morgan fingerprint density at radius 1 is 1.32 bits per heavy atom. The molecular weight excluding hydrogens is 262 g/mol. The summed E-state index contributed by atoms with van der Waals surface area (Å²) in [6.07, 6.45) is 1.75. The SMILES string of the molecule is Cc1nc2c(s1)Oc1cc(O)ccc1-c1[nH]ncc1-2. The zero-order valence-corrected chi connectivity index (χ0v) is 10.8. The van der Waals surface area contributed by atoms with Gasteiger partial charge >= 0.3 is 0 Å². The van der Waals surface area contributed by atoms with Crippen LogP contribution < -0.4 is 4.74 Å². The number of aromatic nitrogens is 3. The Hall–Kier alpha value is -2.34. The van der Waals surface area contributed by atoms with Gasteiger partial charge in [-0.1, -0.05) is 11.3 Å². The van der Waals surface area contributed by atoms with Crippen molar-refractivity contribution in [2.75, 3.05) is 0 Å². The predicted octanol–water partition coefficient (Wildman–Crippen LogP) is 3.32. The second-order valence-corrected chi connectivity index (χ2v) is 5.48. The fraction of sp³-hybridized carbons (Fsp3) is 0.0769. The van der Waals surface area contributed by atoms with E-state index in [4.69, 9.17) is 4.74 Å². The molecule has 1 aliphatic heterocycles. The second kappa shape index (κ2) is 3.58. The number of H-pyrrole nitrogens is 1. The van der Waals surface area contributed by atoms with Crippen LogP contribution in [0.25, 0.3) is 22.5 Å². The average Bonchev–Trinajstić information content (AvgIpc) is 2.94. The molecule has 4 rings (SSSR count). The summed E-state index contributed by atoms with van der Waals surface area (Å²) in [5.41, 5.74) is 3.44. The molecule has 1 aliphatic rings. The lowest BCUT2D eigenvalue weighted by atomic mass is 10.1. The molecule has 0 unspecified atom stereocenters. The number of phenols is 1. The highest BCUT2D eigenvalue weighted by molar-refractivity contribution is 7.14. The van der Waals surface area contributed by atoms with E-state index in [1.807, 2.05) is 13.0 Å². The summed E-state index contributed by atoms with van der Waals surface area (Å²) >= 11 is 1.48. The lowest BCUT2D eigenvalue weighted by Crippen LogP contribution is -1.85. The number of phenolic OH excluding ortho intramolecular Hbond substituents is 1. The van der Waals surface area contributed by atoms with E-state index in [-0.39, 0.29) is 5.75 Å². The third-order valence-electron chi connectivity index (χ3n) is 3.03. The van der Waals surface area contributed by atoms with Crippen molar-refractivity contribution in [3.8, 4) is 39.1 Å². The van der Waals surface area contributed by atoms with Gasteiger partial charge in [-0.2, -0.15) is 5.10 Å². The van der Waals surface area contributed by atoms with Crippen LogP contribution >= 0.6 is 11.3 Å². The highest BCUT2D eigenvalue weighted by Gasteiger charge is 2.25. The van der Waals surface area contributed by atoms with Crippen LogP contribution in [0.5, 0.6) is 16.6 Å². The molecule has 3 heterocycles. The maximum Gasteiger partial charge on any atom is 0.209 e. The number of aryl methyl sites for hydroxylation is 1. The van der Waals surface area contributed by atoms with Crippen molar-refractivity contribution in [3.05, 3.63) is 29.4 Å². The first-order chi connectivity index (χ1) is 9.22. The molecule has 0 fully saturated rings. The lowest BCUT2D eigenvalue weighted by Gasteiger charge is -2.06. The van der Waals surface area contributed by atoms with Gasteiger partial charge in [0.15, 0.2) is 0 Å². The van der Waals surface area contributed by atoms with E-state index >= 15 is 0 Å². The molecule has 0 aliphatic carbocycles. The molecular formula is C13H9N3O2S. The molecule has 5 nitrogen and oxygen atoms in total. The maximum atomic E-state index is 9.61. The molecule has 0 atom stereocenters. The molecule has 94 valence electrons. The van der Waals surface area contributed by atoms with Crippen LogP contribution in [0.1, 0.15) is 5.01 Å². The van der Waals surface area contributed by atoms with E-state index in [1.54, 1.807) is 18.3 Å². The summed E-state index contributed by atoms with van der Waals surface area (Å²) < 4.78 is 5.89. The quantitative estimate of drug-likeness (QED) is 0.514. The van der Waals surface area contributed by atoms with Crippen molar-refractivity contribution in [2.24, 2.45) is 0 Å². The van der Waals surface area contributed by atoms with Gasteiger partial charge < -0.3 is 9.84 Å². The molecule has 6 heteroatoms. The van der Waals surface area contributed by atoms with E-state index in [0.29, 0.717) is 5.75 Å². The minimum atomic E-state index is 0.171. The molecule has 1 aromatic carbocycles. The maximum absolute atomic E-state index is 9.61. The average molecular weight is 271 g/mol. The number of hydrogen-bond acceptors (Lipinski definition) is 5. The minimum absolute atomic E-state index is 0.171. The van der Waals surface area contributed by atoms with E-state index in [0.717, 1.165) is 32.6 Å². The molecule has 0 spiro atoms. The van der Waals surface area contributed by atoms with Crippen LogP contribution in [0, 0.1) is 6.92 Å². The Bertz CT molecular complexity index is 791. The largest absolute Gasteiger partial charge is 0.508 e. The molecule has 0 saturated heterocycles. The number of fused-ring (bicyclic) bond motifs is 5. The summed E-state index contributed by atoms with van der Waals surface area (Å²) in [7, 11) is 0. The highest BCUT2D eigenvalue weighted by atomic mass is 32.1. The third-order valence-corrected chi connectivity index (χ3v) is 3.88. The summed E-state index contributed by atoms with van der Waals surface area (Å²) in [5.74, 6) is 0.775. The summed E-state index contributed by atoms with van der Waals surface area (Å²) in [5, 5.41) is 18.3. The van der Waals surface area contributed by atoms with Crippen molar-refractivity contribution >= 4 is 11.3 Å². The minimum Gasteiger partial charge on any atom is -0.508 e. The predicted molar refractivity (Wildman–Crippen MR) is 71.6 cm³/mol. The van der Waals surface area contributed by atoms with Gasteiger partial charge in [0.05, 0.1) is 22.5 Å².